The first-order valence-electron chi connectivity index (χ1n) is 6.85. The summed E-state index contributed by atoms with van der Waals surface area (Å²) >= 11 is 5.88. The van der Waals surface area contributed by atoms with Gasteiger partial charge in [-0.2, -0.15) is 10.4 Å². The van der Waals surface area contributed by atoms with E-state index in [0.29, 0.717) is 17.1 Å². The van der Waals surface area contributed by atoms with Gasteiger partial charge >= 0.3 is 0 Å². The predicted octanol–water partition coefficient (Wildman–Crippen LogP) is 3.16. The van der Waals surface area contributed by atoms with Gasteiger partial charge < -0.3 is 5.32 Å². The molecule has 1 aromatic carbocycles. The van der Waals surface area contributed by atoms with Crippen molar-refractivity contribution in [2.45, 2.75) is 13.3 Å². The predicted molar refractivity (Wildman–Crippen MR) is 85.9 cm³/mol. The molecule has 0 spiro atoms. The molecule has 0 unspecified atom stereocenters. The van der Waals surface area contributed by atoms with Crippen molar-refractivity contribution in [1.29, 1.82) is 5.26 Å². The summed E-state index contributed by atoms with van der Waals surface area (Å²) < 4.78 is 0. The Bertz CT molecular complexity index is 725. The Balaban J connectivity index is 2.32. The summed E-state index contributed by atoms with van der Waals surface area (Å²) in [4.78, 5) is 11.9. The molecule has 2 aromatic rings. The van der Waals surface area contributed by atoms with Gasteiger partial charge in [0.15, 0.2) is 0 Å². The van der Waals surface area contributed by atoms with E-state index in [1.165, 1.54) is 6.08 Å². The smallest absolute Gasteiger partial charge is 0.261 e. The number of carbonyl (C=O) groups excluding carboxylic acids is 1. The number of nitriles is 1. The molecule has 0 aliphatic rings. The summed E-state index contributed by atoms with van der Waals surface area (Å²) in [7, 11) is 0. The van der Waals surface area contributed by atoms with Gasteiger partial charge in [0, 0.05) is 22.7 Å². The number of hydrogen-bond donors (Lipinski definition) is 2. The molecule has 1 heterocycles. The number of H-pyrrole nitrogens is 1. The summed E-state index contributed by atoms with van der Waals surface area (Å²) in [5.41, 5.74) is 2.32. The number of nitrogens with one attached hydrogen (secondary N) is 2. The van der Waals surface area contributed by atoms with Crippen LogP contribution in [0.15, 0.2) is 36.0 Å². The molecule has 2 rings (SSSR count). The highest BCUT2D eigenvalue weighted by molar-refractivity contribution is 6.30. The second-order valence-corrected chi connectivity index (χ2v) is 5.07. The normalized spacial score (nSPS) is 11.0. The maximum atomic E-state index is 11.9. The van der Waals surface area contributed by atoms with Crippen LogP contribution in [-0.4, -0.2) is 22.6 Å². The van der Waals surface area contributed by atoms with Gasteiger partial charge in [-0.15, -0.1) is 0 Å². The lowest BCUT2D eigenvalue weighted by molar-refractivity contribution is -0.117. The van der Waals surface area contributed by atoms with Crippen molar-refractivity contribution in [2.75, 3.05) is 6.54 Å². The highest BCUT2D eigenvalue weighted by Gasteiger charge is 2.11. The van der Waals surface area contributed by atoms with Gasteiger partial charge in [-0.05, 0) is 24.6 Å². The van der Waals surface area contributed by atoms with Gasteiger partial charge in [0.1, 0.15) is 11.6 Å². The molecule has 2 N–H and O–H groups in total. The summed E-state index contributed by atoms with van der Waals surface area (Å²) in [6, 6.07) is 9.15. The van der Waals surface area contributed by atoms with E-state index >= 15 is 0 Å². The molecule has 0 atom stereocenters. The van der Waals surface area contributed by atoms with Gasteiger partial charge in [-0.3, -0.25) is 9.89 Å². The zero-order valence-electron chi connectivity index (χ0n) is 12.1. The molecular formula is C16H15ClN4O. The third-order valence-corrected chi connectivity index (χ3v) is 3.25. The number of amides is 1. The topological polar surface area (TPSA) is 81.6 Å². The van der Waals surface area contributed by atoms with Crippen LogP contribution < -0.4 is 5.32 Å². The maximum absolute atomic E-state index is 11.9. The van der Waals surface area contributed by atoms with Crippen LogP contribution in [0.25, 0.3) is 17.3 Å². The van der Waals surface area contributed by atoms with Gasteiger partial charge in [0.05, 0.1) is 11.9 Å². The molecule has 5 nitrogen and oxygen atoms in total. The van der Waals surface area contributed by atoms with Gasteiger partial charge in [-0.25, -0.2) is 0 Å². The van der Waals surface area contributed by atoms with Crippen molar-refractivity contribution >= 4 is 23.6 Å². The lowest BCUT2D eigenvalue weighted by atomic mass is 10.1. The van der Waals surface area contributed by atoms with Crippen molar-refractivity contribution < 1.29 is 4.79 Å². The Labute approximate surface area is 133 Å². The van der Waals surface area contributed by atoms with Crippen molar-refractivity contribution in [3.05, 3.63) is 46.6 Å². The minimum Gasteiger partial charge on any atom is -0.351 e. The van der Waals surface area contributed by atoms with E-state index in [1.54, 1.807) is 18.3 Å². The van der Waals surface area contributed by atoms with Crippen molar-refractivity contribution in [2.24, 2.45) is 0 Å². The monoisotopic (exact) mass is 314 g/mol. The molecule has 0 saturated carbocycles. The van der Waals surface area contributed by atoms with Crippen LogP contribution in [0.3, 0.4) is 0 Å². The van der Waals surface area contributed by atoms with Crippen molar-refractivity contribution in [1.82, 2.24) is 15.5 Å². The first kappa shape index (κ1) is 15.8. The third kappa shape index (κ3) is 3.74. The molecule has 0 saturated heterocycles. The lowest BCUT2D eigenvalue weighted by Gasteiger charge is -2.03. The van der Waals surface area contributed by atoms with Crippen LogP contribution in [0.1, 0.15) is 18.9 Å². The van der Waals surface area contributed by atoms with Crippen molar-refractivity contribution in [3.8, 4) is 17.3 Å². The average Bonchev–Trinajstić information content (AvgIpc) is 2.99. The van der Waals surface area contributed by atoms with Crippen LogP contribution >= 0.6 is 11.6 Å². The molecule has 22 heavy (non-hydrogen) atoms. The number of hydrogen-bond acceptors (Lipinski definition) is 3. The van der Waals surface area contributed by atoms with E-state index in [4.69, 9.17) is 16.9 Å². The molecule has 0 radical (unpaired) electrons. The highest BCUT2D eigenvalue weighted by Crippen LogP contribution is 2.24. The number of aromatic amines is 1. The molecule has 6 heteroatoms. The zero-order valence-corrected chi connectivity index (χ0v) is 12.8. The fraction of sp³-hybridized carbons (Fsp3) is 0.188. The Hall–Kier alpha value is -2.58. The molecule has 0 fully saturated rings. The van der Waals surface area contributed by atoms with E-state index in [0.717, 1.165) is 17.7 Å². The number of nitrogens with zero attached hydrogens (tertiary/aromatic N) is 2. The summed E-state index contributed by atoms with van der Waals surface area (Å²) in [6.45, 7) is 2.48. The van der Waals surface area contributed by atoms with Crippen molar-refractivity contribution in [3.63, 3.8) is 0 Å². The van der Waals surface area contributed by atoms with Crippen LogP contribution in [0.2, 0.25) is 5.02 Å². The van der Waals surface area contributed by atoms with Crippen LogP contribution in [0.4, 0.5) is 0 Å². The molecular weight excluding hydrogens is 300 g/mol. The lowest BCUT2D eigenvalue weighted by Crippen LogP contribution is -2.25. The third-order valence-electron chi connectivity index (χ3n) is 3.00. The Morgan fingerprint density at radius 1 is 1.45 bits per heavy atom. The van der Waals surface area contributed by atoms with Crippen LogP contribution in [0, 0.1) is 11.3 Å². The summed E-state index contributed by atoms with van der Waals surface area (Å²) in [6.07, 6.45) is 3.92. The van der Waals surface area contributed by atoms with E-state index < -0.39 is 0 Å². The molecule has 0 bridgehead atoms. The first-order valence-corrected chi connectivity index (χ1v) is 7.22. The minimum absolute atomic E-state index is 0.0464. The fourth-order valence-corrected chi connectivity index (χ4v) is 2.02. The number of halogens is 1. The minimum atomic E-state index is -0.382. The van der Waals surface area contributed by atoms with Gasteiger partial charge in [0.25, 0.3) is 5.91 Å². The number of aromatic nitrogens is 2. The quantitative estimate of drug-likeness (QED) is 0.657. The number of benzene rings is 1. The zero-order chi connectivity index (χ0) is 15.9. The summed E-state index contributed by atoms with van der Waals surface area (Å²) in [5, 5.41) is 19.3. The molecule has 0 aliphatic carbocycles. The second kappa shape index (κ2) is 7.43. The highest BCUT2D eigenvalue weighted by atomic mass is 35.5. The van der Waals surface area contributed by atoms with E-state index in [-0.39, 0.29) is 11.5 Å². The van der Waals surface area contributed by atoms with Gasteiger partial charge in [-0.1, -0.05) is 30.7 Å². The van der Waals surface area contributed by atoms with E-state index in [1.807, 2.05) is 25.1 Å². The molecule has 0 aliphatic heterocycles. The largest absolute Gasteiger partial charge is 0.351 e. The Morgan fingerprint density at radius 2 is 2.18 bits per heavy atom. The Kier molecular flexibility index (Phi) is 5.34. The molecule has 1 amide bonds. The van der Waals surface area contributed by atoms with Crippen LogP contribution in [0.5, 0.6) is 0 Å². The van der Waals surface area contributed by atoms with Crippen LogP contribution in [-0.2, 0) is 4.79 Å². The van der Waals surface area contributed by atoms with E-state index in [2.05, 4.69) is 15.5 Å². The molecule has 112 valence electrons. The van der Waals surface area contributed by atoms with E-state index in [9.17, 15) is 4.79 Å². The number of rotatable bonds is 5. The fourth-order valence-electron chi connectivity index (χ4n) is 1.89. The number of carbonyl (C=O) groups is 1. The standard InChI is InChI=1S/C16H15ClN4O/c1-2-7-19-16(22)12(9-18)8-13-10-20-21-15(13)11-3-5-14(17)6-4-11/h3-6,8,10H,2,7H2,1H3,(H,19,22)(H,20,21). The summed E-state index contributed by atoms with van der Waals surface area (Å²) in [5.74, 6) is -0.382. The average molecular weight is 315 g/mol. The second-order valence-electron chi connectivity index (χ2n) is 4.63. The Morgan fingerprint density at radius 3 is 2.82 bits per heavy atom. The molecule has 1 aromatic heterocycles. The van der Waals surface area contributed by atoms with Gasteiger partial charge in [0.2, 0.25) is 0 Å². The first-order chi connectivity index (χ1) is 10.7. The maximum Gasteiger partial charge on any atom is 0.261 e. The SMILES string of the molecule is CCCNC(=O)C(C#N)=Cc1cn[nH]c1-c1ccc(Cl)cc1.